The summed E-state index contributed by atoms with van der Waals surface area (Å²) in [6, 6.07) is 6.16. The second-order valence-electron chi connectivity index (χ2n) is 2.80. The zero-order valence-electron chi connectivity index (χ0n) is 8.29. The van der Waals surface area contributed by atoms with Gasteiger partial charge in [-0.25, -0.2) is 4.39 Å². The molecule has 3 nitrogen and oxygen atoms in total. The Labute approximate surface area is 100 Å². The molecule has 0 aromatic heterocycles. The van der Waals surface area contributed by atoms with E-state index in [-0.39, 0.29) is 11.3 Å². The van der Waals surface area contributed by atoms with Gasteiger partial charge < -0.3 is 4.74 Å². The highest BCUT2D eigenvalue weighted by molar-refractivity contribution is 9.10. The van der Waals surface area contributed by atoms with Gasteiger partial charge in [0.15, 0.2) is 11.6 Å². The molecule has 0 heterocycles. The van der Waals surface area contributed by atoms with Crippen LogP contribution in [0.15, 0.2) is 22.2 Å². The minimum Gasteiger partial charge on any atom is -0.492 e. The van der Waals surface area contributed by atoms with E-state index >= 15 is 0 Å². The molecule has 0 unspecified atom stereocenters. The Morgan fingerprint density at radius 2 is 2.06 bits per heavy atom. The molecule has 1 aromatic rings. The fraction of sp³-hybridized carbons (Fsp3) is 0.0909. The average molecular weight is 281 g/mol. The van der Waals surface area contributed by atoms with Crippen molar-refractivity contribution in [2.75, 3.05) is 7.11 Å². The van der Waals surface area contributed by atoms with Crippen LogP contribution >= 0.6 is 15.9 Å². The first-order chi connectivity index (χ1) is 7.62. The molecule has 0 bridgehead atoms. The lowest BCUT2D eigenvalue weighted by atomic mass is 10.1. The monoisotopic (exact) mass is 280 g/mol. The van der Waals surface area contributed by atoms with Crippen molar-refractivity contribution in [2.45, 2.75) is 0 Å². The SMILES string of the molecule is COc1c(F)cc(C=C(C#N)C#N)cc1Br. The summed E-state index contributed by atoms with van der Waals surface area (Å²) in [6.07, 6.45) is 1.30. The number of ether oxygens (including phenoxy) is 1. The van der Waals surface area contributed by atoms with Crippen molar-refractivity contribution >= 4 is 22.0 Å². The second-order valence-corrected chi connectivity index (χ2v) is 3.65. The second kappa shape index (κ2) is 5.29. The third-order valence-electron chi connectivity index (χ3n) is 1.78. The number of nitriles is 2. The van der Waals surface area contributed by atoms with Gasteiger partial charge in [-0.3, -0.25) is 0 Å². The van der Waals surface area contributed by atoms with E-state index < -0.39 is 5.82 Å². The number of nitrogens with zero attached hydrogens (tertiary/aromatic N) is 2. The minimum absolute atomic E-state index is 0.0866. The summed E-state index contributed by atoms with van der Waals surface area (Å²) < 4.78 is 18.7. The molecule has 0 spiro atoms. The van der Waals surface area contributed by atoms with E-state index in [2.05, 4.69) is 15.9 Å². The van der Waals surface area contributed by atoms with E-state index in [9.17, 15) is 4.39 Å². The molecule has 0 saturated carbocycles. The molecule has 0 aliphatic carbocycles. The Morgan fingerprint density at radius 3 is 2.50 bits per heavy atom. The first kappa shape index (κ1) is 12.2. The highest BCUT2D eigenvalue weighted by Crippen LogP contribution is 2.29. The maximum atomic E-state index is 13.4. The summed E-state index contributed by atoms with van der Waals surface area (Å²) in [4.78, 5) is 0. The smallest absolute Gasteiger partial charge is 0.168 e. The quantitative estimate of drug-likeness (QED) is 0.783. The third kappa shape index (κ3) is 2.59. The van der Waals surface area contributed by atoms with E-state index in [1.165, 1.54) is 19.3 Å². The molecule has 0 aliphatic rings. The summed E-state index contributed by atoms with van der Waals surface area (Å²) in [5, 5.41) is 17.1. The molecule has 0 atom stereocenters. The van der Waals surface area contributed by atoms with Crippen molar-refractivity contribution in [3.05, 3.63) is 33.6 Å². The number of halogens is 2. The molecule has 0 aliphatic heterocycles. The van der Waals surface area contributed by atoms with Gasteiger partial charge in [-0.15, -0.1) is 0 Å². The first-order valence-corrected chi connectivity index (χ1v) is 4.96. The average Bonchev–Trinajstić information content (AvgIpc) is 2.25. The molecular weight excluding hydrogens is 275 g/mol. The van der Waals surface area contributed by atoms with Gasteiger partial charge in [0.05, 0.1) is 11.6 Å². The van der Waals surface area contributed by atoms with Crippen LogP contribution in [0.5, 0.6) is 5.75 Å². The normalized spacial score (nSPS) is 8.81. The fourth-order valence-corrected chi connectivity index (χ4v) is 1.73. The maximum Gasteiger partial charge on any atom is 0.168 e. The van der Waals surface area contributed by atoms with Crippen LogP contribution in [0, 0.1) is 28.5 Å². The Hall–Kier alpha value is -1.85. The molecule has 0 saturated heterocycles. The Balaban J connectivity index is 3.27. The molecule has 0 amide bonds. The molecule has 80 valence electrons. The van der Waals surface area contributed by atoms with Crippen molar-refractivity contribution in [1.29, 1.82) is 10.5 Å². The lowest BCUT2D eigenvalue weighted by Crippen LogP contribution is -1.90. The van der Waals surface area contributed by atoms with Crippen LogP contribution in [0.4, 0.5) is 4.39 Å². The van der Waals surface area contributed by atoms with Crippen LogP contribution in [0.25, 0.3) is 6.08 Å². The number of allylic oxidation sites excluding steroid dienone is 1. The number of benzene rings is 1. The predicted octanol–water partition coefficient (Wildman–Crippen LogP) is 3.03. The standard InChI is InChI=1S/C11H6BrFN2O/c1-16-11-9(12)3-7(4-10(11)13)2-8(5-14)6-15/h2-4H,1H3. The number of rotatable bonds is 2. The zero-order chi connectivity index (χ0) is 12.1. The molecule has 1 aromatic carbocycles. The number of methoxy groups -OCH3 is 1. The van der Waals surface area contributed by atoms with E-state index in [1.54, 1.807) is 18.2 Å². The van der Waals surface area contributed by atoms with Crippen LogP contribution in [-0.4, -0.2) is 7.11 Å². The minimum atomic E-state index is -0.557. The van der Waals surface area contributed by atoms with E-state index in [0.29, 0.717) is 10.0 Å². The van der Waals surface area contributed by atoms with Crippen LogP contribution in [0.1, 0.15) is 5.56 Å². The summed E-state index contributed by atoms with van der Waals surface area (Å²) in [7, 11) is 1.36. The Kier molecular flexibility index (Phi) is 4.04. The van der Waals surface area contributed by atoms with E-state index in [1.807, 2.05) is 0 Å². The van der Waals surface area contributed by atoms with Crippen molar-refractivity contribution < 1.29 is 9.13 Å². The summed E-state index contributed by atoms with van der Waals surface area (Å²) in [5.74, 6) is -0.467. The van der Waals surface area contributed by atoms with Crippen molar-refractivity contribution in [1.82, 2.24) is 0 Å². The van der Waals surface area contributed by atoms with Gasteiger partial charge in [-0.05, 0) is 39.7 Å². The molecule has 0 radical (unpaired) electrons. The highest BCUT2D eigenvalue weighted by Gasteiger charge is 2.08. The van der Waals surface area contributed by atoms with Gasteiger partial charge in [-0.1, -0.05) is 0 Å². The highest BCUT2D eigenvalue weighted by atomic mass is 79.9. The predicted molar refractivity (Wildman–Crippen MR) is 59.9 cm³/mol. The molecule has 1 rings (SSSR count). The lowest BCUT2D eigenvalue weighted by Gasteiger charge is -2.05. The van der Waals surface area contributed by atoms with Crippen LogP contribution in [-0.2, 0) is 0 Å². The summed E-state index contributed by atoms with van der Waals surface area (Å²) in [6.45, 7) is 0. The molecule has 0 fully saturated rings. The first-order valence-electron chi connectivity index (χ1n) is 4.17. The van der Waals surface area contributed by atoms with Gasteiger partial charge >= 0.3 is 0 Å². The van der Waals surface area contributed by atoms with Gasteiger partial charge in [0.2, 0.25) is 0 Å². The third-order valence-corrected chi connectivity index (χ3v) is 2.37. The molecule has 0 N–H and O–H groups in total. The van der Waals surface area contributed by atoms with Gasteiger partial charge in [-0.2, -0.15) is 10.5 Å². The number of hydrogen-bond donors (Lipinski definition) is 0. The Morgan fingerprint density at radius 1 is 1.44 bits per heavy atom. The topological polar surface area (TPSA) is 56.8 Å². The summed E-state index contributed by atoms with van der Waals surface area (Å²) >= 11 is 3.13. The van der Waals surface area contributed by atoms with Crippen molar-refractivity contribution in [2.24, 2.45) is 0 Å². The lowest BCUT2D eigenvalue weighted by molar-refractivity contribution is 0.383. The fourth-order valence-electron chi connectivity index (χ4n) is 1.11. The van der Waals surface area contributed by atoms with Crippen LogP contribution in [0.3, 0.4) is 0 Å². The van der Waals surface area contributed by atoms with Crippen LogP contribution in [0.2, 0.25) is 0 Å². The van der Waals surface area contributed by atoms with Crippen LogP contribution < -0.4 is 4.74 Å². The van der Waals surface area contributed by atoms with Crippen molar-refractivity contribution in [3.63, 3.8) is 0 Å². The van der Waals surface area contributed by atoms with Gasteiger partial charge in [0.1, 0.15) is 17.7 Å². The largest absolute Gasteiger partial charge is 0.492 e. The Bertz CT molecular complexity index is 487. The van der Waals surface area contributed by atoms with Gasteiger partial charge in [0, 0.05) is 0 Å². The number of hydrogen-bond acceptors (Lipinski definition) is 3. The zero-order valence-corrected chi connectivity index (χ0v) is 9.88. The molecule has 16 heavy (non-hydrogen) atoms. The molecular formula is C11H6BrFN2O. The van der Waals surface area contributed by atoms with E-state index in [4.69, 9.17) is 15.3 Å². The summed E-state index contributed by atoms with van der Waals surface area (Å²) in [5.41, 5.74) is 0.333. The van der Waals surface area contributed by atoms with E-state index in [0.717, 1.165) is 0 Å². The maximum absolute atomic E-state index is 13.4. The molecule has 5 heteroatoms. The van der Waals surface area contributed by atoms with Crippen molar-refractivity contribution in [3.8, 4) is 17.9 Å². The van der Waals surface area contributed by atoms with Gasteiger partial charge in [0.25, 0.3) is 0 Å².